The molecule has 3 rings (SSSR count). The number of ether oxygens (including phenoxy) is 1. The maximum Gasteiger partial charge on any atom is 0.573 e. The van der Waals surface area contributed by atoms with E-state index in [1.54, 1.807) is 0 Å². The number of likely N-dealkylation sites (N-methyl/N-ethyl adjacent to an activating group) is 1. The van der Waals surface area contributed by atoms with Crippen molar-refractivity contribution < 1.29 is 27.6 Å². The molecule has 0 aliphatic heterocycles. The molecule has 162 valence electrons. The molecule has 1 aromatic heterocycles. The highest BCUT2D eigenvalue weighted by Gasteiger charge is 2.31. The fraction of sp³-hybridized carbons (Fsp3) is 0.167. The SMILES string of the molecule is CN(CC(=O)Nc1ccc(OC(F)(F)F)cc1)c1cc2nc[nH]c(=O)c2cc1[N+](=O)[O-]. The highest BCUT2D eigenvalue weighted by molar-refractivity contribution is 5.95. The van der Waals surface area contributed by atoms with E-state index in [2.05, 4.69) is 20.0 Å². The van der Waals surface area contributed by atoms with Crippen molar-refractivity contribution in [3.63, 3.8) is 0 Å². The van der Waals surface area contributed by atoms with Crippen LogP contribution in [-0.2, 0) is 4.79 Å². The number of anilines is 2. The van der Waals surface area contributed by atoms with Crippen LogP contribution in [0.5, 0.6) is 5.75 Å². The number of hydrogen-bond acceptors (Lipinski definition) is 7. The second-order valence-electron chi connectivity index (χ2n) is 6.32. The number of benzene rings is 2. The van der Waals surface area contributed by atoms with Crippen molar-refractivity contribution in [2.24, 2.45) is 0 Å². The third kappa shape index (κ3) is 5.26. The molecule has 0 saturated carbocycles. The number of fused-ring (bicyclic) bond motifs is 1. The van der Waals surface area contributed by atoms with Crippen molar-refractivity contribution in [1.82, 2.24) is 9.97 Å². The molecule has 0 bridgehead atoms. The zero-order valence-electron chi connectivity index (χ0n) is 15.8. The molecule has 13 heteroatoms. The number of alkyl halides is 3. The lowest BCUT2D eigenvalue weighted by Gasteiger charge is -2.19. The maximum atomic E-state index is 12.3. The van der Waals surface area contributed by atoms with Crippen LogP contribution in [0.1, 0.15) is 0 Å². The number of halogens is 3. The molecule has 0 atom stereocenters. The van der Waals surface area contributed by atoms with E-state index in [9.17, 15) is 32.9 Å². The average molecular weight is 437 g/mol. The lowest BCUT2D eigenvalue weighted by Crippen LogP contribution is -2.30. The van der Waals surface area contributed by atoms with Gasteiger partial charge in [-0.05, 0) is 30.3 Å². The molecule has 2 aromatic carbocycles. The molecule has 0 aliphatic carbocycles. The van der Waals surface area contributed by atoms with Gasteiger partial charge in [-0.2, -0.15) is 0 Å². The van der Waals surface area contributed by atoms with E-state index >= 15 is 0 Å². The van der Waals surface area contributed by atoms with Crippen LogP contribution < -0.4 is 20.5 Å². The predicted molar refractivity (Wildman–Crippen MR) is 104 cm³/mol. The summed E-state index contributed by atoms with van der Waals surface area (Å²) in [7, 11) is 1.43. The van der Waals surface area contributed by atoms with Gasteiger partial charge in [0.1, 0.15) is 11.4 Å². The Morgan fingerprint density at radius 3 is 2.58 bits per heavy atom. The van der Waals surface area contributed by atoms with Gasteiger partial charge in [-0.3, -0.25) is 19.7 Å². The third-order valence-electron chi connectivity index (χ3n) is 4.10. The summed E-state index contributed by atoms with van der Waals surface area (Å²) in [4.78, 5) is 42.5. The normalized spacial score (nSPS) is 11.2. The van der Waals surface area contributed by atoms with Crippen molar-refractivity contribution in [2.75, 3.05) is 23.8 Å². The lowest BCUT2D eigenvalue weighted by molar-refractivity contribution is -0.384. The van der Waals surface area contributed by atoms with Crippen LogP contribution in [0.25, 0.3) is 10.9 Å². The molecule has 0 spiro atoms. The maximum absolute atomic E-state index is 12.3. The summed E-state index contributed by atoms with van der Waals surface area (Å²) in [5.41, 5.74) is -0.473. The number of carbonyl (C=O) groups excluding carboxylic acids is 1. The van der Waals surface area contributed by atoms with Crippen LogP contribution in [-0.4, -0.2) is 40.8 Å². The number of aromatic nitrogens is 2. The van der Waals surface area contributed by atoms with E-state index in [1.807, 2.05) is 0 Å². The van der Waals surface area contributed by atoms with Crippen molar-refractivity contribution in [3.05, 3.63) is 63.2 Å². The lowest BCUT2D eigenvalue weighted by atomic mass is 10.1. The number of nitrogens with one attached hydrogen (secondary N) is 2. The Hall–Kier alpha value is -4.16. The molecule has 2 N–H and O–H groups in total. The second-order valence-corrected chi connectivity index (χ2v) is 6.32. The van der Waals surface area contributed by atoms with Crippen molar-refractivity contribution >= 4 is 33.9 Å². The zero-order chi connectivity index (χ0) is 22.8. The van der Waals surface area contributed by atoms with Gasteiger partial charge < -0.3 is 19.9 Å². The summed E-state index contributed by atoms with van der Waals surface area (Å²) in [6.45, 7) is -0.323. The van der Waals surface area contributed by atoms with Gasteiger partial charge in [-0.25, -0.2) is 4.98 Å². The summed E-state index contributed by atoms with van der Waals surface area (Å²) >= 11 is 0. The quantitative estimate of drug-likeness (QED) is 0.448. The fourth-order valence-corrected chi connectivity index (χ4v) is 2.79. The van der Waals surface area contributed by atoms with Gasteiger partial charge in [0, 0.05) is 18.8 Å². The van der Waals surface area contributed by atoms with E-state index in [0.29, 0.717) is 0 Å². The number of amides is 1. The number of rotatable bonds is 6. The highest BCUT2D eigenvalue weighted by Crippen LogP contribution is 2.30. The van der Waals surface area contributed by atoms with Crippen LogP contribution in [0, 0.1) is 10.1 Å². The average Bonchev–Trinajstić information content (AvgIpc) is 2.67. The number of nitrogens with zero attached hydrogens (tertiary/aromatic N) is 3. The number of nitro benzene ring substituents is 1. The van der Waals surface area contributed by atoms with Gasteiger partial charge in [0.25, 0.3) is 11.2 Å². The molecule has 1 amide bonds. The monoisotopic (exact) mass is 437 g/mol. The molecule has 0 fully saturated rings. The van der Waals surface area contributed by atoms with Gasteiger partial charge in [-0.15, -0.1) is 13.2 Å². The Morgan fingerprint density at radius 2 is 1.97 bits per heavy atom. The molecule has 0 aliphatic rings. The van der Waals surface area contributed by atoms with Gasteiger partial charge in [0.2, 0.25) is 5.91 Å². The van der Waals surface area contributed by atoms with E-state index in [1.165, 1.54) is 30.1 Å². The minimum absolute atomic E-state index is 0.0250. The largest absolute Gasteiger partial charge is 0.573 e. The van der Waals surface area contributed by atoms with Gasteiger partial charge in [-0.1, -0.05) is 0 Å². The van der Waals surface area contributed by atoms with Gasteiger partial charge >= 0.3 is 6.36 Å². The smallest absolute Gasteiger partial charge is 0.406 e. The molecule has 31 heavy (non-hydrogen) atoms. The fourth-order valence-electron chi connectivity index (χ4n) is 2.79. The van der Waals surface area contributed by atoms with Crippen molar-refractivity contribution in [2.45, 2.75) is 6.36 Å². The van der Waals surface area contributed by atoms with E-state index in [4.69, 9.17) is 0 Å². The Bertz CT molecular complexity index is 1190. The van der Waals surface area contributed by atoms with E-state index < -0.39 is 34.2 Å². The molecule has 0 radical (unpaired) electrons. The summed E-state index contributed by atoms with van der Waals surface area (Å²) in [5.74, 6) is -1.03. The van der Waals surface area contributed by atoms with E-state index in [-0.39, 0.29) is 28.8 Å². The van der Waals surface area contributed by atoms with E-state index in [0.717, 1.165) is 24.5 Å². The Balaban J connectivity index is 1.76. The molecule has 10 nitrogen and oxygen atoms in total. The summed E-state index contributed by atoms with van der Waals surface area (Å²) < 4.78 is 40.3. The summed E-state index contributed by atoms with van der Waals surface area (Å²) in [6, 6.07) is 6.89. The predicted octanol–water partition coefficient (Wildman–Crippen LogP) is 2.80. The first-order chi connectivity index (χ1) is 14.5. The summed E-state index contributed by atoms with van der Waals surface area (Å²) in [6.07, 6.45) is -3.68. The topological polar surface area (TPSA) is 130 Å². The Morgan fingerprint density at radius 1 is 1.29 bits per heavy atom. The van der Waals surface area contributed by atoms with Gasteiger partial charge in [0.05, 0.1) is 28.7 Å². The Labute approximate surface area is 171 Å². The molecular weight excluding hydrogens is 423 g/mol. The minimum atomic E-state index is -4.83. The van der Waals surface area contributed by atoms with Crippen LogP contribution in [0.3, 0.4) is 0 Å². The zero-order valence-corrected chi connectivity index (χ0v) is 15.8. The van der Waals surface area contributed by atoms with Crippen molar-refractivity contribution in [3.8, 4) is 5.75 Å². The molecule has 0 unspecified atom stereocenters. The van der Waals surface area contributed by atoms with Crippen LogP contribution in [0.2, 0.25) is 0 Å². The molecule has 1 heterocycles. The molecule has 3 aromatic rings. The summed E-state index contributed by atoms with van der Waals surface area (Å²) in [5, 5.41) is 13.9. The number of aromatic amines is 1. The third-order valence-corrected chi connectivity index (χ3v) is 4.10. The second kappa shape index (κ2) is 8.30. The number of hydrogen-bond donors (Lipinski definition) is 2. The first-order valence-electron chi connectivity index (χ1n) is 8.56. The Kier molecular flexibility index (Phi) is 5.77. The molecule has 0 saturated heterocycles. The molecular formula is C18H14F3N5O5. The number of carbonyl (C=O) groups is 1. The highest BCUT2D eigenvalue weighted by atomic mass is 19.4. The van der Waals surface area contributed by atoms with Crippen molar-refractivity contribution in [1.29, 1.82) is 0 Å². The number of H-pyrrole nitrogens is 1. The van der Waals surface area contributed by atoms with Gasteiger partial charge in [0.15, 0.2) is 0 Å². The minimum Gasteiger partial charge on any atom is -0.406 e. The first kappa shape index (κ1) is 21.5. The van der Waals surface area contributed by atoms with Crippen LogP contribution >= 0.6 is 0 Å². The van der Waals surface area contributed by atoms with Crippen LogP contribution in [0.4, 0.5) is 30.2 Å². The number of nitro groups is 1. The first-order valence-corrected chi connectivity index (χ1v) is 8.56. The van der Waals surface area contributed by atoms with Crippen LogP contribution in [0.15, 0.2) is 47.5 Å². The standard InChI is InChI=1S/C18H14F3N5O5/c1-25(8-16(27)24-10-2-4-11(5-3-10)31-18(19,20)21)14-7-13-12(6-15(14)26(29)30)17(28)23-9-22-13/h2-7,9H,8H2,1H3,(H,24,27)(H,22,23,28).